The van der Waals surface area contributed by atoms with E-state index in [4.69, 9.17) is 21.1 Å². The molecule has 0 spiro atoms. The van der Waals surface area contributed by atoms with Crippen molar-refractivity contribution in [2.24, 2.45) is 0 Å². The molecule has 0 bridgehead atoms. The molecule has 0 aliphatic rings. The number of halogens is 1. The van der Waals surface area contributed by atoms with Gasteiger partial charge in [-0.1, -0.05) is 35.9 Å². The van der Waals surface area contributed by atoms with Gasteiger partial charge in [0.05, 0.1) is 24.9 Å². The van der Waals surface area contributed by atoms with Gasteiger partial charge in [-0.15, -0.1) is 0 Å². The van der Waals surface area contributed by atoms with Crippen molar-refractivity contribution in [3.63, 3.8) is 0 Å². The number of methoxy groups -OCH3 is 2. The summed E-state index contributed by atoms with van der Waals surface area (Å²) in [6, 6.07) is 11.8. The first-order valence-corrected chi connectivity index (χ1v) is 6.73. The average Bonchev–Trinajstić information content (AvgIpc) is 2.46. The third-order valence-electron chi connectivity index (χ3n) is 3.20. The normalized spacial score (nSPS) is 10.2. The zero-order chi connectivity index (χ0) is 14.5. The summed E-state index contributed by atoms with van der Waals surface area (Å²) in [5, 5.41) is 3.90. The number of hydrogen-bond donors (Lipinski definition) is 1. The molecule has 0 atom stereocenters. The van der Waals surface area contributed by atoms with Gasteiger partial charge in [0.2, 0.25) is 0 Å². The number of benzene rings is 2. The maximum atomic E-state index is 6.15. The van der Waals surface area contributed by atoms with Crippen LogP contribution in [0.1, 0.15) is 11.1 Å². The lowest BCUT2D eigenvalue weighted by atomic mass is 10.1. The molecule has 0 aliphatic heterocycles. The summed E-state index contributed by atoms with van der Waals surface area (Å²) in [7, 11) is 3.21. The van der Waals surface area contributed by atoms with Crippen molar-refractivity contribution in [2.45, 2.75) is 13.5 Å². The molecule has 1 N–H and O–H groups in total. The smallest absolute Gasteiger partial charge is 0.145 e. The molecule has 0 aromatic heterocycles. The molecule has 0 saturated carbocycles. The number of nitrogens with one attached hydrogen (secondary N) is 1. The van der Waals surface area contributed by atoms with Crippen molar-refractivity contribution in [2.75, 3.05) is 19.5 Å². The van der Waals surface area contributed by atoms with Crippen LogP contribution in [-0.4, -0.2) is 14.2 Å². The van der Waals surface area contributed by atoms with E-state index >= 15 is 0 Å². The van der Waals surface area contributed by atoms with E-state index in [1.807, 2.05) is 18.2 Å². The van der Waals surface area contributed by atoms with Crippen LogP contribution in [0.3, 0.4) is 0 Å². The molecule has 4 heteroatoms. The Morgan fingerprint density at radius 1 is 1.05 bits per heavy atom. The number of ether oxygens (including phenoxy) is 2. The molecule has 0 saturated heterocycles. The third-order valence-corrected chi connectivity index (χ3v) is 3.50. The molecule has 3 nitrogen and oxygen atoms in total. The summed E-state index contributed by atoms with van der Waals surface area (Å²) < 4.78 is 10.5. The Balaban J connectivity index is 2.21. The van der Waals surface area contributed by atoms with E-state index in [-0.39, 0.29) is 0 Å². The summed E-state index contributed by atoms with van der Waals surface area (Å²) in [4.78, 5) is 0. The minimum Gasteiger partial charge on any atom is -0.495 e. The van der Waals surface area contributed by atoms with Gasteiger partial charge in [0, 0.05) is 12.6 Å². The molecule has 0 radical (unpaired) electrons. The lowest BCUT2D eigenvalue weighted by molar-refractivity contribution is 0.395. The lowest BCUT2D eigenvalue weighted by Gasteiger charge is -2.14. The molecule has 0 amide bonds. The summed E-state index contributed by atoms with van der Waals surface area (Å²) in [6.45, 7) is 2.81. The van der Waals surface area contributed by atoms with Gasteiger partial charge in [0.1, 0.15) is 11.5 Å². The number of aryl methyl sites for hydroxylation is 1. The summed E-state index contributed by atoms with van der Waals surface area (Å²) >= 11 is 6.15. The second-order valence-corrected chi connectivity index (χ2v) is 4.87. The maximum Gasteiger partial charge on any atom is 0.145 e. The Kier molecular flexibility index (Phi) is 4.74. The van der Waals surface area contributed by atoms with Gasteiger partial charge in [0.15, 0.2) is 0 Å². The molecule has 2 aromatic carbocycles. The van der Waals surface area contributed by atoms with Crippen LogP contribution in [0.4, 0.5) is 5.69 Å². The summed E-state index contributed by atoms with van der Waals surface area (Å²) in [6.07, 6.45) is 0. The quantitative estimate of drug-likeness (QED) is 0.892. The van der Waals surface area contributed by atoms with Gasteiger partial charge in [0.25, 0.3) is 0 Å². The van der Waals surface area contributed by atoms with Crippen LogP contribution < -0.4 is 14.8 Å². The minimum absolute atomic E-state index is 0.556. The lowest BCUT2D eigenvalue weighted by Crippen LogP contribution is -2.03. The van der Waals surface area contributed by atoms with Crippen LogP contribution in [0.2, 0.25) is 5.02 Å². The second-order valence-electron chi connectivity index (χ2n) is 4.47. The Morgan fingerprint density at radius 2 is 1.75 bits per heavy atom. The zero-order valence-electron chi connectivity index (χ0n) is 11.9. The average molecular weight is 292 g/mol. The predicted octanol–water partition coefficient (Wildman–Crippen LogP) is 4.28. The van der Waals surface area contributed by atoms with Crippen LogP contribution in [0.5, 0.6) is 11.5 Å². The molecule has 0 aliphatic carbocycles. The van der Waals surface area contributed by atoms with Crippen LogP contribution in [0.15, 0.2) is 36.4 Å². The SMILES string of the molecule is COc1cc(OC)c(NCc2ccccc2C)cc1Cl. The molecule has 0 fully saturated rings. The van der Waals surface area contributed by atoms with Crippen LogP contribution in [0, 0.1) is 6.92 Å². The van der Waals surface area contributed by atoms with E-state index in [0.29, 0.717) is 23.1 Å². The van der Waals surface area contributed by atoms with Crippen LogP contribution >= 0.6 is 11.6 Å². The van der Waals surface area contributed by atoms with Crippen molar-refractivity contribution in [1.29, 1.82) is 0 Å². The van der Waals surface area contributed by atoms with E-state index in [2.05, 4.69) is 24.4 Å². The second kappa shape index (κ2) is 6.53. The van der Waals surface area contributed by atoms with Gasteiger partial charge >= 0.3 is 0 Å². The number of hydrogen-bond acceptors (Lipinski definition) is 3. The summed E-state index contributed by atoms with van der Waals surface area (Å²) in [5.41, 5.74) is 3.33. The number of anilines is 1. The molecule has 2 aromatic rings. The highest BCUT2D eigenvalue weighted by Gasteiger charge is 2.10. The molecule has 106 valence electrons. The van der Waals surface area contributed by atoms with Crippen LogP contribution in [-0.2, 0) is 6.54 Å². The van der Waals surface area contributed by atoms with E-state index < -0.39 is 0 Å². The first-order chi connectivity index (χ1) is 9.65. The summed E-state index contributed by atoms with van der Waals surface area (Å²) in [5.74, 6) is 1.31. The fraction of sp³-hybridized carbons (Fsp3) is 0.250. The highest BCUT2D eigenvalue weighted by atomic mass is 35.5. The zero-order valence-corrected chi connectivity index (χ0v) is 12.6. The predicted molar refractivity (Wildman–Crippen MR) is 83.1 cm³/mol. The first kappa shape index (κ1) is 14.5. The fourth-order valence-electron chi connectivity index (χ4n) is 2.00. The van der Waals surface area contributed by atoms with Gasteiger partial charge in [-0.3, -0.25) is 0 Å². The van der Waals surface area contributed by atoms with Crippen LogP contribution in [0.25, 0.3) is 0 Å². The molecule has 0 unspecified atom stereocenters. The Morgan fingerprint density at radius 3 is 2.40 bits per heavy atom. The standard InChI is InChI=1S/C16H18ClNO2/c1-11-6-4-5-7-12(11)10-18-14-8-13(17)15(19-2)9-16(14)20-3/h4-9,18H,10H2,1-3H3. The van der Waals surface area contributed by atoms with Gasteiger partial charge in [-0.2, -0.15) is 0 Å². The Labute approximate surface area is 124 Å². The molecular formula is C16H18ClNO2. The molecule has 20 heavy (non-hydrogen) atoms. The van der Waals surface area contributed by atoms with Gasteiger partial charge in [-0.25, -0.2) is 0 Å². The van der Waals surface area contributed by atoms with E-state index in [1.54, 1.807) is 20.3 Å². The molecular weight excluding hydrogens is 274 g/mol. The Bertz CT molecular complexity index is 599. The van der Waals surface area contributed by atoms with Crippen molar-refractivity contribution >= 4 is 17.3 Å². The van der Waals surface area contributed by atoms with Crippen molar-refractivity contribution in [1.82, 2.24) is 0 Å². The highest BCUT2D eigenvalue weighted by Crippen LogP contribution is 2.36. The van der Waals surface area contributed by atoms with Crippen molar-refractivity contribution in [3.8, 4) is 11.5 Å². The molecule has 2 rings (SSSR count). The fourth-order valence-corrected chi connectivity index (χ4v) is 2.24. The first-order valence-electron chi connectivity index (χ1n) is 6.35. The topological polar surface area (TPSA) is 30.5 Å². The maximum absolute atomic E-state index is 6.15. The van der Waals surface area contributed by atoms with Crippen molar-refractivity contribution < 1.29 is 9.47 Å². The minimum atomic E-state index is 0.556. The van der Waals surface area contributed by atoms with Gasteiger partial charge in [-0.05, 0) is 24.1 Å². The molecule has 0 heterocycles. The highest BCUT2D eigenvalue weighted by molar-refractivity contribution is 6.32. The van der Waals surface area contributed by atoms with E-state index in [9.17, 15) is 0 Å². The van der Waals surface area contributed by atoms with E-state index in [1.165, 1.54) is 11.1 Å². The third kappa shape index (κ3) is 3.17. The van der Waals surface area contributed by atoms with E-state index in [0.717, 1.165) is 5.69 Å². The largest absolute Gasteiger partial charge is 0.495 e. The van der Waals surface area contributed by atoms with Crippen molar-refractivity contribution in [3.05, 3.63) is 52.5 Å². The monoisotopic (exact) mass is 291 g/mol. The number of rotatable bonds is 5. The van der Waals surface area contributed by atoms with Gasteiger partial charge < -0.3 is 14.8 Å². The Hall–Kier alpha value is -1.87.